The third-order valence-corrected chi connectivity index (χ3v) is 6.72. The van der Waals surface area contributed by atoms with Crippen LogP contribution in [0.4, 0.5) is 20.7 Å². The average Bonchev–Trinajstić information content (AvgIpc) is 2.85. The first-order chi connectivity index (χ1) is 17.7. The summed E-state index contributed by atoms with van der Waals surface area (Å²) < 4.78 is 32.7. The number of fused-ring (bicyclic) bond motifs is 2. The van der Waals surface area contributed by atoms with E-state index in [9.17, 15) is 9.18 Å². The fourth-order valence-corrected chi connectivity index (χ4v) is 4.68. The van der Waals surface area contributed by atoms with Crippen LogP contribution in [0.1, 0.15) is 20.8 Å². The topological polar surface area (TPSA) is 89.1 Å². The van der Waals surface area contributed by atoms with E-state index in [-0.39, 0.29) is 12.2 Å². The molecular formula is C26H29BrFN5O4. The normalized spacial score (nSPS) is 18.1. The van der Waals surface area contributed by atoms with Gasteiger partial charge in [0.15, 0.2) is 17.3 Å². The Hall–Kier alpha value is -3.18. The molecule has 9 nitrogen and oxygen atoms in total. The van der Waals surface area contributed by atoms with Crippen molar-refractivity contribution in [2.45, 2.75) is 32.5 Å². The van der Waals surface area contributed by atoms with Gasteiger partial charge in [0.05, 0.1) is 15.7 Å². The molecule has 3 aromatic rings. The number of aromatic nitrogens is 2. The number of amides is 1. The first-order valence-electron chi connectivity index (χ1n) is 12.2. The molecule has 0 radical (unpaired) electrons. The number of hydrogen-bond acceptors (Lipinski definition) is 8. The number of hydrogen-bond donors (Lipinski definition) is 1. The van der Waals surface area contributed by atoms with Gasteiger partial charge in [-0.3, -0.25) is 4.90 Å². The summed E-state index contributed by atoms with van der Waals surface area (Å²) in [4.78, 5) is 25.0. The fourth-order valence-electron chi connectivity index (χ4n) is 4.31. The minimum Gasteiger partial charge on any atom is -0.486 e. The molecule has 2 aliphatic rings. The first kappa shape index (κ1) is 25.5. The van der Waals surface area contributed by atoms with Gasteiger partial charge >= 0.3 is 6.09 Å². The summed E-state index contributed by atoms with van der Waals surface area (Å²) in [5.74, 6) is 1.26. The smallest absolute Gasteiger partial charge is 0.410 e. The number of halogens is 2. The highest BCUT2D eigenvalue weighted by molar-refractivity contribution is 9.10. The van der Waals surface area contributed by atoms with Crippen LogP contribution in [0.15, 0.2) is 41.1 Å². The van der Waals surface area contributed by atoms with Crippen LogP contribution in [0.2, 0.25) is 0 Å². The van der Waals surface area contributed by atoms with Crippen LogP contribution < -0.4 is 14.8 Å². The summed E-state index contributed by atoms with van der Waals surface area (Å²) >= 11 is 3.21. The maximum atomic E-state index is 14.5. The van der Waals surface area contributed by atoms with Crippen LogP contribution in [0.25, 0.3) is 10.9 Å². The molecule has 0 saturated carbocycles. The molecule has 2 aliphatic heterocycles. The minimum absolute atomic E-state index is 0.179. The summed E-state index contributed by atoms with van der Waals surface area (Å²) in [5.41, 5.74) is 0.450. The van der Waals surface area contributed by atoms with Crippen molar-refractivity contribution >= 4 is 44.4 Å². The molecule has 0 aliphatic carbocycles. The van der Waals surface area contributed by atoms with Crippen molar-refractivity contribution in [3.63, 3.8) is 0 Å². The highest BCUT2D eigenvalue weighted by atomic mass is 79.9. The highest BCUT2D eigenvalue weighted by Gasteiger charge is 2.29. The van der Waals surface area contributed by atoms with Crippen molar-refractivity contribution in [1.82, 2.24) is 19.8 Å². The van der Waals surface area contributed by atoms with Gasteiger partial charge in [-0.2, -0.15) is 0 Å². The zero-order valence-corrected chi connectivity index (χ0v) is 22.5. The van der Waals surface area contributed by atoms with E-state index < -0.39 is 11.4 Å². The molecule has 1 aromatic heterocycles. The number of carbonyl (C=O) groups is 1. The monoisotopic (exact) mass is 573 g/mol. The third kappa shape index (κ3) is 5.88. The lowest BCUT2D eigenvalue weighted by Crippen LogP contribution is -2.52. The molecule has 37 heavy (non-hydrogen) atoms. The number of nitrogens with zero attached hydrogens (tertiary/aromatic N) is 4. The Balaban J connectivity index is 1.26. The fraction of sp³-hybridized carbons (Fsp3) is 0.423. The molecule has 1 unspecified atom stereocenters. The van der Waals surface area contributed by atoms with E-state index in [4.69, 9.17) is 14.2 Å². The van der Waals surface area contributed by atoms with Crippen molar-refractivity contribution in [1.29, 1.82) is 0 Å². The second-order valence-corrected chi connectivity index (χ2v) is 10.9. The zero-order valence-electron chi connectivity index (χ0n) is 21.0. The SMILES string of the molecule is CC(C)(C)OC(=O)N1CCN(CC2COc3cc4ncnc(Nc5cccc(Br)c5F)c4cc3O2)CC1. The van der Waals surface area contributed by atoms with E-state index in [1.54, 1.807) is 23.1 Å². The van der Waals surface area contributed by atoms with Gasteiger partial charge < -0.3 is 24.4 Å². The molecule has 1 amide bonds. The predicted molar refractivity (Wildman–Crippen MR) is 141 cm³/mol. The number of carbonyl (C=O) groups excluding carboxylic acids is 1. The van der Waals surface area contributed by atoms with Crippen LogP contribution in [-0.2, 0) is 4.74 Å². The summed E-state index contributed by atoms with van der Waals surface area (Å²) in [6.07, 6.45) is 0.970. The lowest BCUT2D eigenvalue weighted by atomic mass is 10.1. The largest absolute Gasteiger partial charge is 0.486 e. The number of rotatable bonds is 4. The Kier molecular flexibility index (Phi) is 7.09. The summed E-state index contributed by atoms with van der Waals surface area (Å²) in [6.45, 7) is 9.33. The molecule has 1 saturated heterocycles. The Bertz CT molecular complexity index is 1310. The van der Waals surface area contributed by atoms with Gasteiger partial charge in [0.2, 0.25) is 0 Å². The second kappa shape index (κ2) is 10.3. The van der Waals surface area contributed by atoms with E-state index in [0.717, 1.165) is 13.1 Å². The number of ether oxygens (including phenoxy) is 3. The van der Waals surface area contributed by atoms with E-state index >= 15 is 0 Å². The van der Waals surface area contributed by atoms with Crippen LogP contribution in [0, 0.1) is 5.82 Å². The van der Waals surface area contributed by atoms with E-state index in [2.05, 4.69) is 36.1 Å². The van der Waals surface area contributed by atoms with Crippen LogP contribution >= 0.6 is 15.9 Å². The number of benzene rings is 2. The summed E-state index contributed by atoms with van der Waals surface area (Å²) in [7, 11) is 0. The van der Waals surface area contributed by atoms with Crippen molar-refractivity contribution < 1.29 is 23.4 Å². The molecule has 1 fully saturated rings. The Labute approximate surface area is 223 Å². The maximum absolute atomic E-state index is 14.5. The minimum atomic E-state index is -0.508. The van der Waals surface area contributed by atoms with E-state index in [1.165, 1.54) is 6.33 Å². The Morgan fingerprint density at radius 1 is 1.19 bits per heavy atom. The molecule has 0 spiro atoms. The maximum Gasteiger partial charge on any atom is 0.410 e. The van der Waals surface area contributed by atoms with Crippen molar-refractivity contribution in [3.05, 3.63) is 46.9 Å². The number of piperazine rings is 1. The lowest BCUT2D eigenvalue weighted by Gasteiger charge is -2.37. The standard InChI is InChI=1S/C26H29BrFN5O4/c1-26(2,3)37-25(34)33-9-7-32(8-10-33)13-16-14-35-21-12-20-17(11-22(21)36-16)24(30-15-29-20)31-19-6-4-5-18(27)23(19)28/h4-6,11-12,15-16H,7-10,13-14H2,1-3H3,(H,29,30,31). The Morgan fingerprint density at radius 3 is 2.73 bits per heavy atom. The molecule has 1 atom stereocenters. The van der Waals surface area contributed by atoms with Gasteiger partial charge in [-0.05, 0) is 54.9 Å². The van der Waals surface area contributed by atoms with Crippen molar-refractivity contribution in [2.24, 2.45) is 0 Å². The van der Waals surface area contributed by atoms with Crippen molar-refractivity contribution in [2.75, 3.05) is 44.6 Å². The zero-order chi connectivity index (χ0) is 26.2. The number of nitrogens with one attached hydrogen (secondary N) is 1. The lowest BCUT2D eigenvalue weighted by molar-refractivity contribution is 0.00646. The molecule has 2 aromatic carbocycles. The van der Waals surface area contributed by atoms with Gasteiger partial charge in [-0.25, -0.2) is 19.2 Å². The number of anilines is 2. The molecule has 1 N–H and O–H groups in total. The summed E-state index contributed by atoms with van der Waals surface area (Å²) in [5, 5.41) is 3.75. The van der Waals surface area contributed by atoms with Crippen molar-refractivity contribution in [3.8, 4) is 11.5 Å². The highest BCUT2D eigenvalue weighted by Crippen LogP contribution is 2.38. The van der Waals surface area contributed by atoms with Crippen LogP contribution in [0.5, 0.6) is 11.5 Å². The molecule has 196 valence electrons. The molecule has 11 heteroatoms. The third-order valence-electron chi connectivity index (χ3n) is 6.11. The van der Waals surface area contributed by atoms with Gasteiger partial charge in [0.25, 0.3) is 0 Å². The molecule has 5 rings (SSSR count). The molecular weight excluding hydrogens is 545 g/mol. The molecule has 3 heterocycles. The van der Waals surface area contributed by atoms with Crippen LogP contribution in [0.3, 0.4) is 0 Å². The average molecular weight is 574 g/mol. The quantitative estimate of drug-likeness (QED) is 0.468. The van der Waals surface area contributed by atoms with Gasteiger partial charge in [0, 0.05) is 44.2 Å². The van der Waals surface area contributed by atoms with E-state index in [0.29, 0.717) is 64.6 Å². The van der Waals surface area contributed by atoms with Gasteiger partial charge in [-0.15, -0.1) is 0 Å². The van der Waals surface area contributed by atoms with E-state index in [1.807, 2.05) is 32.9 Å². The summed E-state index contributed by atoms with van der Waals surface area (Å²) in [6, 6.07) is 8.66. The van der Waals surface area contributed by atoms with Crippen LogP contribution in [-0.4, -0.2) is 76.9 Å². The first-order valence-corrected chi connectivity index (χ1v) is 12.9. The van der Waals surface area contributed by atoms with Gasteiger partial charge in [0.1, 0.15) is 30.5 Å². The second-order valence-electron chi connectivity index (χ2n) is 10.1. The molecule has 0 bridgehead atoms. The Morgan fingerprint density at radius 2 is 1.97 bits per heavy atom. The predicted octanol–water partition coefficient (Wildman–Crippen LogP) is 4.97. The van der Waals surface area contributed by atoms with Gasteiger partial charge in [-0.1, -0.05) is 6.07 Å².